The third kappa shape index (κ3) is 5.72. The van der Waals surface area contributed by atoms with E-state index >= 15 is 0 Å². The highest BCUT2D eigenvalue weighted by molar-refractivity contribution is 8.18. The summed E-state index contributed by atoms with van der Waals surface area (Å²) < 4.78 is 45.1. The predicted octanol–water partition coefficient (Wildman–Crippen LogP) is 4.09. The molecule has 1 aromatic rings. The number of alkyl halides is 3. The number of anilines is 1. The Labute approximate surface area is 181 Å². The first-order valence-corrected chi connectivity index (χ1v) is 10.3. The summed E-state index contributed by atoms with van der Waals surface area (Å²) in [5, 5.41) is 1.52. The number of imide groups is 1. The van der Waals surface area contributed by atoms with E-state index in [9.17, 15) is 27.6 Å². The number of benzene rings is 1. The first kappa shape index (κ1) is 23.0. The van der Waals surface area contributed by atoms with Gasteiger partial charge in [-0.2, -0.15) is 13.2 Å². The van der Waals surface area contributed by atoms with Crippen molar-refractivity contribution in [3.63, 3.8) is 0 Å². The Balaban J connectivity index is 1.84. The molecule has 0 spiro atoms. The molecule has 0 atom stereocenters. The number of ether oxygens (including phenoxy) is 1. The molecule has 2 saturated heterocycles. The highest BCUT2D eigenvalue weighted by atomic mass is 32.2. The van der Waals surface area contributed by atoms with Crippen molar-refractivity contribution in [2.75, 3.05) is 31.1 Å². The quantitative estimate of drug-likeness (QED) is 0.674. The number of hydrogen-bond donors (Lipinski definition) is 1. The van der Waals surface area contributed by atoms with Gasteiger partial charge in [0.25, 0.3) is 11.1 Å². The van der Waals surface area contributed by atoms with Crippen LogP contribution in [0.15, 0.2) is 23.1 Å². The molecule has 2 aliphatic heterocycles. The molecular formula is C20H22F3N3O4S. The Morgan fingerprint density at radius 3 is 2.29 bits per heavy atom. The van der Waals surface area contributed by atoms with Gasteiger partial charge in [-0.3, -0.25) is 14.9 Å². The van der Waals surface area contributed by atoms with Crippen LogP contribution in [0.3, 0.4) is 0 Å². The van der Waals surface area contributed by atoms with Gasteiger partial charge in [0.1, 0.15) is 5.60 Å². The van der Waals surface area contributed by atoms with E-state index in [0.717, 1.165) is 12.1 Å². The van der Waals surface area contributed by atoms with E-state index in [0.29, 0.717) is 43.6 Å². The predicted molar refractivity (Wildman–Crippen MR) is 111 cm³/mol. The Kier molecular flexibility index (Phi) is 6.26. The molecule has 7 nitrogen and oxygen atoms in total. The lowest BCUT2D eigenvalue weighted by atomic mass is 10.1. The van der Waals surface area contributed by atoms with E-state index in [-0.39, 0.29) is 10.5 Å². The number of nitrogens with one attached hydrogen (secondary N) is 1. The van der Waals surface area contributed by atoms with Crippen LogP contribution in [0.2, 0.25) is 0 Å². The number of nitrogens with zero attached hydrogens (tertiary/aromatic N) is 2. The SMILES string of the molecule is CC(C)(C)OC(=O)N1CCN(c2ccc(C(F)(F)F)cc2/C=C2\SC(=O)NC2=O)CC1. The average Bonchev–Trinajstić information content (AvgIpc) is 2.96. The largest absolute Gasteiger partial charge is 0.444 e. The van der Waals surface area contributed by atoms with Gasteiger partial charge in [-0.25, -0.2) is 4.79 Å². The van der Waals surface area contributed by atoms with E-state index < -0.39 is 34.6 Å². The smallest absolute Gasteiger partial charge is 0.416 e. The fourth-order valence-corrected chi connectivity index (χ4v) is 3.83. The zero-order chi connectivity index (χ0) is 23.0. The molecule has 2 fully saturated rings. The molecule has 2 aliphatic rings. The number of rotatable bonds is 2. The summed E-state index contributed by atoms with van der Waals surface area (Å²) in [5.41, 5.74) is -0.826. The van der Waals surface area contributed by atoms with Crippen LogP contribution >= 0.6 is 11.8 Å². The van der Waals surface area contributed by atoms with E-state index in [1.54, 1.807) is 25.7 Å². The molecule has 3 rings (SSSR count). The minimum Gasteiger partial charge on any atom is -0.444 e. The van der Waals surface area contributed by atoms with E-state index in [1.165, 1.54) is 12.1 Å². The van der Waals surface area contributed by atoms with Crippen LogP contribution in [0.4, 0.5) is 28.4 Å². The van der Waals surface area contributed by atoms with Gasteiger partial charge in [0.2, 0.25) is 0 Å². The second-order valence-electron chi connectivity index (χ2n) is 8.08. The average molecular weight is 457 g/mol. The zero-order valence-corrected chi connectivity index (χ0v) is 18.0. The van der Waals surface area contributed by atoms with Gasteiger partial charge in [-0.05, 0) is 62.4 Å². The number of hydrogen-bond acceptors (Lipinski definition) is 6. The number of carbonyl (C=O) groups excluding carboxylic acids is 3. The molecule has 1 aromatic carbocycles. The summed E-state index contributed by atoms with van der Waals surface area (Å²) >= 11 is 0.639. The number of carbonyl (C=O) groups is 3. The molecule has 3 amide bonds. The van der Waals surface area contributed by atoms with Crippen molar-refractivity contribution in [2.45, 2.75) is 32.5 Å². The van der Waals surface area contributed by atoms with Gasteiger partial charge >= 0.3 is 12.3 Å². The normalized spacial score (nSPS) is 19.1. The lowest BCUT2D eigenvalue weighted by molar-refractivity contribution is -0.137. The van der Waals surface area contributed by atoms with Crippen molar-refractivity contribution in [2.24, 2.45) is 0 Å². The lowest BCUT2D eigenvalue weighted by Crippen LogP contribution is -2.50. The first-order chi connectivity index (χ1) is 14.3. The molecule has 0 aliphatic carbocycles. The minimum absolute atomic E-state index is 0.0259. The minimum atomic E-state index is -4.55. The molecule has 2 heterocycles. The van der Waals surface area contributed by atoms with E-state index in [4.69, 9.17) is 4.74 Å². The van der Waals surface area contributed by atoms with Crippen LogP contribution in [-0.4, -0.2) is 53.9 Å². The maximum atomic E-state index is 13.2. The maximum Gasteiger partial charge on any atom is 0.416 e. The van der Waals surface area contributed by atoms with Crippen LogP contribution in [0.5, 0.6) is 0 Å². The van der Waals surface area contributed by atoms with Crippen molar-refractivity contribution in [1.29, 1.82) is 0 Å². The molecule has 0 bridgehead atoms. The maximum absolute atomic E-state index is 13.2. The Morgan fingerprint density at radius 1 is 1.13 bits per heavy atom. The molecule has 168 valence electrons. The van der Waals surface area contributed by atoms with Gasteiger partial charge in [0.05, 0.1) is 10.5 Å². The number of amides is 3. The number of thioether (sulfide) groups is 1. The summed E-state index contributed by atoms with van der Waals surface area (Å²) in [4.78, 5) is 38.9. The highest BCUT2D eigenvalue weighted by Gasteiger charge is 2.33. The topological polar surface area (TPSA) is 79.0 Å². The fraction of sp³-hybridized carbons (Fsp3) is 0.450. The van der Waals surface area contributed by atoms with Gasteiger partial charge in [0, 0.05) is 31.9 Å². The molecule has 0 aromatic heterocycles. The molecule has 11 heteroatoms. The highest BCUT2D eigenvalue weighted by Crippen LogP contribution is 2.36. The second kappa shape index (κ2) is 8.45. The standard InChI is InChI=1S/C20H22F3N3O4S/c1-19(2,3)30-18(29)26-8-6-25(7-9-26)14-5-4-13(20(21,22)23)10-12(14)11-15-16(27)24-17(28)31-15/h4-5,10-11H,6-9H2,1-3H3,(H,24,27,28)/b15-11-. The van der Waals surface area contributed by atoms with Crippen LogP contribution in [-0.2, 0) is 15.7 Å². The third-order valence-electron chi connectivity index (χ3n) is 4.56. The molecule has 0 saturated carbocycles. The van der Waals surface area contributed by atoms with Crippen molar-refractivity contribution >= 4 is 40.8 Å². The summed E-state index contributed by atoms with van der Waals surface area (Å²) in [5.74, 6) is -0.645. The zero-order valence-electron chi connectivity index (χ0n) is 17.2. The van der Waals surface area contributed by atoms with Crippen molar-refractivity contribution in [3.05, 3.63) is 34.2 Å². The van der Waals surface area contributed by atoms with Gasteiger partial charge < -0.3 is 14.5 Å². The van der Waals surface area contributed by atoms with Crippen LogP contribution in [0.25, 0.3) is 6.08 Å². The summed E-state index contributed by atoms with van der Waals surface area (Å²) in [6.07, 6.45) is -3.71. The number of halogens is 3. The number of piperazine rings is 1. The van der Waals surface area contributed by atoms with Crippen LogP contribution < -0.4 is 10.2 Å². The Morgan fingerprint density at radius 2 is 1.77 bits per heavy atom. The summed E-state index contributed by atoms with van der Waals surface area (Å²) in [7, 11) is 0. The van der Waals surface area contributed by atoms with E-state index in [1.807, 2.05) is 4.90 Å². The summed E-state index contributed by atoms with van der Waals surface area (Å²) in [6.45, 7) is 6.72. The molecule has 0 radical (unpaired) electrons. The second-order valence-corrected chi connectivity index (χ2v) is 9.09. The monoisotopic (exact) mass is 457 g/mol. The van der Waals surface area contributed by atoms with Crippen LogP contribution in [0.1, 0.15) is 31.9 Å². The lowest BCUT2D eigenvalue weighted by Gasteiger charge is -2.37. The molecular weight excluding hydrogens is 435 g/mol. The Hall–Kier alpha value is -2.69. The van der Waals surface area contributed by atoms with Gasteiger partial charge in [-0.15, -0.1) is 0 Å². The molecule has 31 heavy (non-hydrogen) atoms. The van der Waals surface area contributed by atoms with Crippen molar-refractivity contribution in [3.8, 4) is 0 Å². The first-order valence-electron chi connectivity index (χ1n) is 9.52. The van der Waals surface area contributed by atoms with Gasteiger partial charge in [-0.1, -0.05) is 0 Å². The Bertz CT molecular complexity index is 933. The van der Waals surface area contributed by atoms with E-state index in [2.05, 4.69) is 5.32 Å². The third-order valence-corrected chi connectivity index (χ3v) is 5.37. The summed E-state index contributed by atoms with van der Waals surface area (Å²) in [6, 6.07) is 3.28. The van der Waals surface area contributed by atoms with Crippen LogP contribution in [0, 0.1) is 0 Å². The van der Waals surface area contributed by atoms with Crippen molar-refractivity contribution in [1.82, 2.24) is 10.2 Å². The fourth-order valence-electron chi connectivity index (χ4n) is 3.15. The van der Waals surface area contributed by atoms with Crippen molar-refractivity contribution < 1.29 is 32.3 Å². The molecule has 0 unspecified atom stereocenters. The van der Waals surface area contributed by atoms with Gasteiger partial charge in [0.15, 0.2) is 0 Å². The molecule has 1 N–H and O–H groups in total.